The van der Waals surface area contributed by atoms with E-state index in [-0.39, 0.29) is 0 Å². The Bertz CT molecular complexity index is 727. The van der Waals surface area contributed by atoms with Crippen LogP contribution in [0.3, 0.4) is 0 Å². The van der Waals surface area contributed by atoms with Gasteiger partial charge in [-0.2, -0.15) is 0 Å². The molecule has 2 aromatic rings. The third kappa shape index (κ3) is 4.91. The molecular weight excluding hydrogens is 384 g/mol. The number of hydrogen-bond donors (Lipinski definition) is 0. The van der Waals surface area contributed by atoms with Crippen LogP contribution in [0.25, 0.3) is 11.1 Å². The van der Waals surface area contributed by atoms with Crippen LogP contribution in [-0.2, 0) is 34.0 Å². The molecule has 0 radical (unpaired) electrons. The van der Waals surface area contributed by atoms with Crippen molar-refractivity contribution in [1.29, 1.82) is 0 Å². The van der Waals surface area contributed by atoms with Gasteiger partial charge in [-0.3, -0.25) is 0 Å². The van der Waals surface area contributed by atoms with Crippen molar-refractivity contribution >= 4 is 0 Å². The Kier molecular flexibility index (Phi) is 7.86. The molecular formula is C24H30O6. The minimum absolute atomic E-state index is 0.421. The van der Waals surface area contributed by atoms with Crippen molar-refractivity contribution in [2.75, 3.05) is 72.7 Å². The summed E-state index contributed by atoms with van der Waals surface area (Å²) in [5.41, 5.74) is 4.02. The molecule has 0 N–H and O–H groups in total. The molecule has 1 fully saturated rings. The zero-order valence-corrected chi connectivity index (χ0v) is 17.3. The average molecular weight is 414 g/mol. The Morgan fingerprint density at radius 2 is 0.867 bits per heavy atom. The van der Waals surface area contributed by atoms with Gasteiger partial charge in [0.2, 0.25) is 0 Å². The van der Waals surface area contributed by atoms with E-state index in [1.54, 1.807) is 0 Å². The van der Waals surface area contributed by atoms with Gasteiger partial charge in [0.25, 0.3) is 0 Å². The fraction of sp³-hybridized carbons (Fsp3) is 0.500. The standard InChI is InChI=1S/C24H30O6/c1-3-7-22-20(5-1)21-6-2-4-8-23(21)24(22)19-29-16-15-27-12-11-25-9-10-26-13-14-28-17-18-30-24/h1-8H,9-19H2. The third-order valence-corrected chi connectivity index (χ3v) is 5.38. The summed E-state index contributed by atoms with van der Waals surface area (Å²) in [7, 11) is 0. The Hall–Kier alpha value is -1.80. The highest BCUT2D eigenvalue weighted by Gasteiger charge is 2.44. The van der Waals surface area contributed by atoms with Gasteiger partial charge < -0.3 is 28.4 Å². The molecule has 4 rings (SSSR count). The van der Waals surface area contributed by atoms with Crippen molar-refractivity contribution in [2.45, 2.75) is 5.60 Å². The molecule has 0 atom stereocenters. The molecule has 6 heteroatoms. The number of hydrogen-bond acceptors (Lipinski definition) is 6. The van der Waals surface area contributed by atoms with Crippen LogP contribution in [-0.4, -0.2) is 72.7 Å². The molecule has 0 bridgehead atoms. The second kappa shape index (κ2) is 11.0. The Morgan fingerprint density at radius 1 is 0.467 bits per heavy atom. The van der Waals surface area contributed by atoms with Crippen LogP contribution in [0.5, 0.6) is 0 Å². The van der Waals surface area contributed by atoms with Gasteiger partial charge >= 0.3 is 0 Å². The van der Waals surface area contributed by atoms with Gasteiger partial charge in [-0.05, 0) is 22.3 Å². The normalized spacial score (nSPS) is 21.3. The van der Waals surface area contributed by atoms with Crippen LogP contribution in [0.2, 0.25) is 0 Å². The lowest BCUT2D eigenvalue weighted by Crippen LogP contribution is -2.36. The Balaban J connectivity index is 1.52. The van der Waals surface area contributed by atoms with Crippen molar-refractivity contribution in [3.63, 3.8) is 0 Å². The molecule has 6 nitrogen and oxygen atoms in total. The molecule has 0 amide bonds. The van der Waals surface area contributed by atoms with E-state index in [0.29, 0.717) is 72.7 Å². The second-order valence-electron chi connectivity index (χ2n) is 7.27. The SMILES string of the molecule is c1ccc2c(c1)-c1ccccc1C21COCCOCCOCCOCCOCCO1. The van der Waals surface area contributed by atoms with E-state index in [4.69, 9.17) is 28.4 Å². The molecule has 1 aliphatic heterocycles. The number of ether oxygens (including phenoxy) is 6. The first-order valence-corrected chi connectivity index (χ1v) is 10.6. The Labute approximate surface area is 178 Å². The van der Waals surface area contributed by atoms with Crippen LogP contribution in [0.15, 0.2) is 48.5 Å². The number of benzene rings is 2. The second-order valence-corrected chi connectivity index (χ2v) is 7.27. The van der Waals surface area contributed by atoms with Gasteiger partial charge in [-0.15, -0.1) is 0 Å². The molecule has 30 heavy (non-hydrogen) atoms. The molecule has 1 saturated heterocycles. The van der Waals surface area contributed by atoms with E-state index in [0.717, 1.165) is 11.1 Å². The monoisotopic (exact) mass is 414 g/mol. The van der Waals surface area contributed by atoms with Crippen molar-refractivity contribution < 1.29 is 28.4 Å². The van der Waals surface area contributed by atoms with Gasteiger partial charge in [-0.25, -0.2) is 0 Å². The first-order valence-electron chi connectivity index (χ1n) is 10.6. The molecule has 0 saturated carbocycles. The lowest BCUT2D eigenvalue weighted by Gasteiger charge is -2.32. The quantitative estimate of drug-likeness (QED) is 0.661. The third-order valence-electron chi connectivity index (χ3n) is 5.38. The maximum Gasteiger partial charge on any atom is 0.143 e. The van der Waals surface area contributed by atoms with Crippen LogP contribution >= 0.6 is 0 Å². The summed E-state index contributed by atoms with van der Waals surface area (Å²) in [6.45, 7) is 5.67. The van der Waals surface area contributed by atoms with Crippen LogP contribution < -0.4 is 0 Å². The van der Waals surface area contributed by atoms with E-state index in [1.165, 1.54) is 11.1 Å². The molecule has 1 heterocycles. The molecule has 162 valence electrons. The van der Waals surface area contributed by atoms with Gasteiger partial charge in [0.15, 0.2) is 0 Å². The fourth-order valence-corrected chi connectivity index (χ4v) is 4.01. The van der Waals surface area contributed by atoms with E-state index < -0.39 is 5.60 Å². The van der Waals surface area contributed by atoms with Gasteiger partial charge in [0.1, 0.15) is 5.60 Å². The molecule has 1 aliphatic carbocycles. The molecule has 0 unspecified atom stereocenters. The smallest absolute Gasteiger partial charge is 0.143 e. The summed E-state index contributed by atoms with van der Waals surface area (Å²) in [4.78, 5) is 0. The maximum absolute atomic E-state index is 6.54. The van der Waals surface area contributed by atoms with Crippen LogP contribution in [0.4, 0.5) is 0 Å². The van der Waals surface area contributed by atoms with Crippen molar-refractivity contribution in [3.05, 3.63) is 59.7 Å². The summed E-state index contributed by atoms with van der Waals surface area (Å²) in [6.07, 6.45) is 0. The molecule has 2 aromatic carbocycles. The van der Waals surface area contributed by atoms with E-state index in [2.05, 4.69) is 48.5 Å². The van der Waals surface area contributed by atoms with Gasteiger partial charge in [-0.1, -0.05) is 48.5 Å². The van der Waals surface area contributed by atoms with E-state index in [1.807, 2.05) is 0 Å². The van der Waals surface area contributed by atoms with Gasteiger partial charge in [0.05, 0.1) is 72.7 Å². The summed E-state index contributed by atoms with van der Waals surface area (Å²) >= 11 is 0. The summed E-state index contributed by atoms with van der Waals surface area (Å²) in [5.74, 6) is 0. The van der Waals surface area contributed by atoms with E-state index in [9.17, 15) is 0 Å². The summed E-state index contributed by atoms with van der Waals surface area (Å²) < 4.78 is 34.9. The molecule has 1 spiro atoms. The van der Waals surface area contributed by atoms with E-state index >= 15 is 0 Å². The largest absolute Gasteiger partial charge is 0.377 e. The highest BCUT2D eigenvalue weighted by molar-refractivity contribution is 5.80. The first-order chi connectivity index (χ1) is 14.9. The minimum atomic E-state index is -0.651. The Morgan fingerprint density at radius 3 is 1.37 bits per heavy atom. The minimum Gasteiger partial charge on any atom is -0.377 e. The van der Waals surface area contributed by atoms with Crippen molar-refractivity contribution in [2.24, 2.45) is 0 Å². The summed E-state index contributed by atoms with van der Waals surface area (Å²) in [6, 6.07) is 16.8. The fourth-order valence-electron chi connectivity index (χ4n) is 4.01. The predicted octanol–water partition coefficient (Wildman–Crippen LogP) is 3.02. The van der Waals surface area contributed by atoms with Crippen LogP contribution in [0.1, 0.15) is 11.1 Å². The first kappa shape index (κ1) is 21.4. The number of fused-ring (bicyclic) bond motifs is 5. The lowest BCUT2D eigenvalue weighted by atomic mass is 9.92. The maximum atomic E-state index is 6.54. The zero-order valence-electron chi connectivity index (χ0n) is 17.3. The summed E-state index contributed by atoms with van der Waals surface area (Å²) in [5, 5.41) is 0. The topological polar surface area (TPSA) is 55.4 Å². The molecule has 0 aromatic heterocycles. The lowest BCUT2D eigenvalue weighted by molar-refractivity contribution is -0.0997. The van der Waals surface area contributed by atoms with Crippen molar-refractivity contribution in [1.82, 2.24) is 0 Å². The van der Waals surface area contributed by atoms with Crippen LogP contribution in [0, 0.1) is 0 Å². The van der Waals surface area contributed by atoms with Gasteiger partial charge in [0, 0.05) is 0 Å². The number of rotatable bonds is 0. The zero-order chi connectivity index (χ0) is 20.5. The molecule has 2 aliphatic rings. The average Bonchev–Trinajstić information content (AvgIpc) is 3.06. The highest BCUT2D eigenvalue weighted by atomic mass is 16.6. The highest BCUT2D eigenvalue weighted by Crippen LogP contribution is 2.49. The predicted molar refractivity (Wildman–Crippen MR) is 113 cm³/mol. The van der Waals surface area contributed by atoms with Crippen molar-refractivity contribution in [3.8, 4) is 11.1 Å².